The number of nitrogens with zero attached hydrogens (tertiary/aromatic N) is 2. The number of carbonyl (C=O) groups excluding carboxylic acids is 4. The fraction of sp³-hybridized carbons (Fsp3) is 0.184. The van der Waals surface area contributed by atoms with Crippen molar-refractivity contribution >= 4 is 35.4 Å². The van der Waals surface area contributed by atoms with E-state index in [1.165, 1.54) is 17.9 Å². The zero-order chi connectivity index (χ0) is 36.7. The van der Waals surface area contributed by atoms with E-state index in [9.17, 15) is 32.3 Å². The average molecular weight is 696 g/mol. The Labute approximate surface area is 291 Å². The van der Waals surface area contributed by atoms with Gasteiger partial charge in [0.05, 0.1) is 24.2 Å². The number of esters is 2. The summed E-state index contributed by atoms with van der Waals surface area (Å²) in [6, 6.07) is 27.0. The summed E-state index contributed by atoms with van der Waals surface area (Å²) in [6.45, 7) is 1.78. The Morgan fingerprint density at radius 1 is 0.902 bits per heavy atom. The number of anilines is 1. The van der Waals surface area contributed by atoms with Crippen molar-refractivity contribution < 1.29 is 37.1 Å². The van der Waals surface area contributed by atoms with Gasteiger partial charge in [-0.3, -0.25) is 19.8 Å². The van der Waals surface area contributed by atoms with Crippen LogP contribution in [0.15, 0.2) is 103 Å². The minimum atomic E-state index is -5.40. The van der Waals surface area contributed by atoms with Crippen molar-refractivity contribution in [2.75, 3.05) is 4.90 Å². The average Bonchev–Trinajstić information content (AvgIpc) is 3.19. The van der Waals surface area contributed by atoms with E-state index in [-0.39, 0.29) is 23.8 Å². The third kappa shape index (κ3) is 8.79. The molecular formula is C38H32F3N5O5. The molecule has 0 bridgehead atoms. The summed E-state index contributed by atoms with van der Waals surface area (Å²) in [4.78, 5) is 55.9. The van der Waals surface area contributed by atoms with Crippen molar-refractivity contribution in [3.05, 3.63) is 137 Å². The van der Waals surface area contributed by atoms with Crippen LogP contribution in [0.1, 0.15) is 57.6 Å². The molecule has 0 saturated heterocycles. The van der Waals surface area contributed by atoms with Gasteiger partial charge in [0.25, 0.3) is 11.8 Å². The van der Waals surface area contributed by atoms with Crippen LogP contribution < -0.4 is 16.0 Å². The number of ether oxygens (including phenoxy) is 1. The maximum Gasteiger partial charge on any atom is 0.491 e. The van der Waals surface area contributed by atoms with Crippen LogP contribution in [0.25, 0.3) is 0 Å². The van der Waals surface area contributed by atoms with E-state index in [0.29, 0.717) is 23.2 Å². The molecule has 4 aromatic rings. The largest absolute Gasteiger partial charge is 0.491 e. The molecule has 0 spiro atoms. The molecule has 1 aliphatic rings. The maximum atomic E-state index is 14.7. The van der Waals surface area contributed by atoms with Crippen LogP contribution in [-0.4, -0.2) is 46.8 Å². The Hall–Kier alpha value is -6.42. The molecule has 2 unspecified atom stereocenters. The number of hydrogen-bond acceptors (Lipinski definition) is 6. The molecule has 2 amide bonds. The third-order valence-electron chi connectivity index (χ3n) is 7.97. The maximum absolute atomic E-state index is 14.7. The molecule has 4 N–H and O–H groups in total. The van der Waals surface area contributed by atoms with Crippen LogP contribution in [0.3, 0.4) is 0 Å². The van der Waals surface area contributed by atoms with Crippen molar-refractivity contribution in [2.45, 2.75) is 44.7 Å². The fourth-order valence-corrected chi connectivity index (χ4v) is 5.63. The van der Waals surface area contributed by atoms with Gasteiger partial charge >= 0.3 is 18.1 Å². The molecular weight excluding hydrogens is 663 g/mol. The van der Waals surface area contributed by atoms with E-state index in [1.807, 2.05) is 42.5 Å². The van der Waals surface area contributed by atoms with Gasteiger partial charge in [0.2, 0.25) is 0 Å². The Morgan fingerprint density at radius 2 is 1.53 bits per heavy atom. The Kier molecular flexibility index (Phi) is 10.8. The molecule has 13 heteroatoms. The van der Waals surface area contributed by atoms with Gasteiger partial charge < -0.3 is 25.6 Å². The van der Waals surface area contributed by atoms with Crippen molar-refractivity contribution in [2.24, 2.45) is 5.73 Å². The molecule has 4 aromatic carbocycles. The lowest BCUT2D eigenvalue weighted by atomic mass is 10.0. The molecule has 0 saturated carbocycles. The standard InChI is InChI=1S/C38H32F3N5O5/c1-24(19-32(47)51-36(50)38(39,40)41)46-33(29-13-6-3-7-14-29)35(49)45(23-27-9-4-2-5-10-27)31-18-17-26(21-30(31)34(46)48)16-15-25-11-8-12-28(20-25)22-44-37(42)43/h2-14,17-18,20-21,24,33H,19,22-23H2,1H3,(H4,42,43,44). The van der Waals surface area contributed by atoms with Crippen LogP contribution in [0.4, 0.5) is 18.9 Å². The highest BCUT2D eigenvalue weighted by atomic mass is 19.4. The fourth-order valence-electron chi connectivity index (χ4n) is 5.63. The van der Waals surface area contributed by atoms with Crippen molar-refractivity contribution in [3.63, 3.8) is 0 Å². The number of hydrogen-bond donors (Lipinski definition) is 3. The van der Waals surface area contributed by atoms with Crippen LogP contribution in [0.5, 0.6) is 0 Å². The molecule has 0 aliphatic carbocycles. The first-order chi connectivity index (χ1) is 24.3. The zero-order valence-electron chi connectivity index (χ0n) is 27.2. The van der Waals surface area contributed by atoms with Crippen LogP contribution >= 0.6 is 0 Å². The predicted octanol–water partition coefficient (Wildman–Crippen LogP) is 5.21. The quantitative estimate of drug-likeness (QED) is 0.0755. The molecule has 51 heavy (non-hydrogen) atoms. The highest BCUT2D eigenvalue weighted by molar-refractivity contribution is 6.11. The highest BCUT2D eigenvalue weighted by Crippen LogP contribution is 2.38. The first-order valence-electron chi connectivity index (χ1n) is 15.7. The summed E-state index contributed by atoms with van der Waals surface area (Å²) >= 11 is 0. The van der Waals surface area contributed by atoms with E-state index in [2.05, 4.69) is 21.9 Å². The number of guanidine groups is 1. The Balaban J connectivity index is 1.59. The molecule has 1 aliphatic heterocycles. The smallest absolute Gasteiger partial charge is 0.386 e. The zero-order valence-corrected chi connectivity index (χ0v) is 27.2. The summed E-state index contributed by atoms with van der Waals surface area (Å²) in [5, 5.41) is 10.1. The van der Waals surface area contributed by atoms with Crippen molar-refractivity contribution in [1.82, 2.24) is 10.2 Å². The lowest BCUT2D eigenvalue weighted by Crippen LogP contribution is -2.47. The van der Waals surface area contributed by atoms with E-state index in [1.54, 1.807) is 54.6 Å². The molecule has 260 valence electrons. The second-order valence-electron chi connectivity index (χ2n) is 11.7. The first-order valence-corrected chi connectivity index (χ1v) is 15.7. The summed E-state index contributed by atoms with van der Waals surface area (Å²) in [6.07, 6.45) is -6.21. The molecule has 0 fully saturated rings. The van der Waals surface area contributed by atoms with E-state index < -0.39 is 48.4 Å². The topological polar surface area (TPSA) is 146 Å². The number of amides is 2. The lowest BCUT2D eigenvalue weighted by Gasteiger charge is -2.35. The number of nitrogens with one attached hydrogen (secondary N) is 2. The summed E-state index contributed by atoms with van der Waals surface area (Å²) in [7, 11) is 0. The number of alkyl halides is 3. The number of carbonyl (C=O) groups is 4. The number of nitrogens with two attached hydrogens (primary N) is 1. The molecule has 1 heterocycles. The van der Waals surface area contributed by atoms with E-state index in [4.69, 9.17) is 11.1 Å². The van der Waals surface area contributed by atoms with Gasteiger partial charge in [0, 0.05) is 23.7 Å². The van der Waals surface area contributed by atoms with E-state index >= 15 is 0 Å². The minimum absolute atomic E-state index is 0.0653. The molecule has 0 radical (unpaired) electrons. The molecule has 0 aromatic heterocycles. The predicted molar refractivity (Wildman–Crippen MR) is 182 cm³/mol. The minimum Gasteiger partial charge on any atom is -0.386 e. The van der Waals surface area contributed by atoms with Gasteiger partial charge in [-0.05, 0) is 53.9 Å². The third-order valence-corrected chi connectivity index (χ3v) is 7.97. The number of rotatable bonds is 8. The second-order valence-corrected chi connectivity index (χ2v) is 11.7. The van der Waals surface area contributed by atoms with Gasteiger partial charge in [0.1, 0.15) is 6.04 Å². The highest BCUT2D eigenvalue weighted by Gasteiger charge is 2.45. The van der Waals surface area contributed by atoms with Crippen molar-refractivity contribution in [1.29, 1.82) is 5.41 Å². The second kappa shape index (κ2) is 15.4. The monoisotopic (exact) mass is 695 g/mol. The summed E-state index contributed by atoms with van der Waals surface area (Å²) in [5.74, 6) is 0.519. The van der Waals surface area contributed by atoms with Crippen LogP contribution in [0.2, 0.25) is 0 Å². The summed E-state index contributed by atoms with van der Waals surface area (Å²) in [5.41, 5.74) is 8.77. The first kappa shape index (κ1) is 35.9. The van der Waals surface area contributed by atoms with Gasteiger partial charge in [-0.25, -0.2) is 4.79 Å². The van der Waals surface area contributed by atoms with Crippen molar-refractivity contribution in [3.8, 4) is 11.8 Å². The van der Waals surface area contributed by atoms with Gasteiger partial charge in [0.15, 0.2) is 5.96 Å². The number of fused-ring (bicyclic) bond motifs is 1. The van der Waals surface area contributed by atoms with Crippen LogP contribution in [-0.2, 0) is 32.2 Å². The molecule has 10 nitrogen and oxygen atoms in total. The number of benzene rings is 4. The SMILES string of the molecule is CC(CC(=O)OC(=O)C(F)(F)F)N1C(=O)c2cc(C#Cc3cccc(CNC(=N)N)c3)ccc2N(Cc2ccccc2)C(=O)C1c1ccccc1. The Bertz CT molecular complexity index is 2030. The van der Waals surface area contributed by atoms with Gasteiger partial charge in [-0.15, -0.1) is 0 Å². The van der Waals surface area contributed by atoms with Gasteiger partial charge in [-0.2, -0.15) is 13.2 Å². The lowest BCUT2D eigenvalue weighted by molar-refractivity contribution is -0.202. The van der Waals surface area contributed by atoms with E-state index in [0.717, 1.165) is 16.0 Å². The summed E-state index contributed by atoms with van der Waals surface area (Å²) < 4.78 is 42.6. The Morgan fingerprint density at radius 3 is 2.18 bits per heavy atom. The molecule has 5 rings (SSSR count). The normalized spacial score (nSPS) is 14.8. The van der Waals surface area contributed by atoms with Crippen LogP contribution in [0, 0.1) is 17.3 Å². The molecule has 2 atom stereocenters. The number of halogens is 3. The van der Waals surface area contributed by atoms with Gasteiger partial charge in [-0.1, -0.05) is 84.6 Å².